The Hall–Kier alpha value is -1.85. The number of hydrogen-bond acceptors (Lipinski definition) is 4. The van der Waals surface area contributed by atoms with E-state index in [1.54, 1.807) is 0 Å². The highest BCUT2D eigenvalue weighted by Crippen LogP contribution is 2.06. The molecule has 6 nitrogen and oxygen atoms in total. The number of rotatable bonds is 2. The summed E-state index contributed by atoms with van der Waals surface area (Å²) in [5, 5.41) is 15.6. The molecule has 6 heteroatoms. The average molecular weight is 230 g/mol. The van der Waals surface area contributed by atoms with Crippen molar-refractivity contribution in [1.29, 1.82) is 0 Å². The monoisotopic (exact) mass is 230 g/mol. The summed E-state index contributed by atoms with van der Waals surface area (Å²) in [7, 11) is 0. The molecule has 0 unspecified atom stereocenters. The minimum atomic E-state index is -1.26. The Morgan fingerprint density at radius 3 is 2.12 bits per heavy atom. The highest BCUT2D eigenvalue weighted by Gasteiger charge is 2.05. The molecule has 0 aromatic carbocycles. The third kappa shape index (κ3) is 10.2. The minimum Gasteiger partial charge on any atom is -0.478 e. The number of carbonyl (C=O) groups is 3. The molecule has 0 amide bonds. The van der Waals surface area contributed by atoms with Gasteiger partial charge in [0.1, 0.15) is 0 Å². The predicted molar refractivity (Wildman–Crippen MR) is 53.8 cm³/mol. The zero-order chi connectivity index (χ0) is 12.4. The van der Waals surface area contributed by atoms with E-state index in [-0.39, 0.29) is 5.97 Å². The molecule has 0 radical (unpaired) electrons. The molecule has 90 valence electrons. The molecule has 0 aromatic rings. The fourth-order valence-electron chi connectivity index (χ4n) is 0.949. The normalized spacial score (nSPS) is 15.6. The van der Waals surface area contributed by atoms with Gasteiger partial charge >= 0.3 is 17.9 Å². The largest absolute Gasteiger partial charge is 0.478 e. The smallest absolute Gasteiger partial charge is 0.328 e. The van der Waals surface area contributed by atoms with E-state index in [4.69, 9.17) is 14.9 Å². The van der Waals surface area contributed by atoms with Gasteiger partial charge in [0, 0.05) is 18.6 Å². The Morgan fingerprint density at radius 2 is 1.62 bits per heavy atom. The lowest BCUT2D eigenvalue weighted by atomic mass is 10.2. The van der Waals surface area contributed by atoms with Crippen molar-refractivity contribution < 1.29 is 29.3 Å². The van der Waals surface area contributed by atoms with Crippen LogP contribution in [0.15, 0.2) is 12.2 Å². The van der Waals surface area contributed by atoms with Gasteiger partial charge in [-0.2, -0.15) is 0 Å². The van der Waals surface area contributed by atoms with Crippen molar-refractivity contribution in [3.8, 4) is 0 Å². The molecular weight excluding hydrogens is 216 g/mol. The van der Waals surface area contributed by atoms with E-state index in [1.165, 1.54) is 0 Å². The summed E-state index contributed by atoms with van der Waals surface area (Å²) in [5.41, 5.74) is 0. The summed E-state index contributed by atoms with van der Waals surface area (Å²) in [4.78, 5) is 29.6. The molecule has 0 aliphatic carbocycles. The van der Waals surface area contributed by atoms with Crippen molar-refractivity contribution in [2.24, 2.45) is 0 Å². The Labute approximate surface area is 92.5 Å². The summed E-state index contributed by atoms with van der Waals surface area (Å²) in [6.07, 6.45) is 4.95. The highest BCUT2D eigenvalue weighted by molar-refractivity contribution is 5.89. The van der Waals surface area contributed by atoms with Crippen LogP contribution >= 0.6 is 0 Å². The van der Waals surface area contributed by atoms with Gasteiger partial charge in [-0.1, -0.05) is 0 Å². The minimum absolute atomic E-state index is 0.0255. The second kappa shape index (κ2) is 8.46. The third-order valence-corrected chi connectivity index (χ3v) is 1.66. The maximum Gasteiger partial charge on any atom is 0.328 e. The number of hydrogen-bond donors (Lipinski definition) is 2. The van der Waals surface area contributed by atoms with Gasteiger partial charge in [-0.15, -0.1) is 0 Å². The quantitative estimate of drug-likeness (QED) is 0.538. The van der Waals surface area contributed by atoms with Gasteiger partial charge in [-0.3, -0.25) is 4.79 Å². The molecular formula is C10H14O6. The van der Waals surface area contributed by atoms with Crippen LogP contribution in [0, 0.1) is 0 Å². The third-order valence-electron chi connectivity index (χ3n) is 1.66. The fourth-order valence-corrected chi connectivity index (χ4v) is 0.949. The van der Waals surface area contributed by atoms with Crippen molar-refractivity contribution in [1.82, 2.24) is 0 Å². The van der Waals surface area contributed by atoms with Crippen molar-refractivity contribution >= 4 is 17.9 Å². The van der Waals surface area contributed by atoms with Gasteiger partial charge in [-0.25, -0.2) is 9.59 Å². The standard InChI is InChI=1S/C6H10O2.C4H4O4/c7-6-4-2-1-3-5-8-6;5-3(6)1-2-4(7)8/h1-5H2;1-2H,(H,5,6)(H,7,8)/b;2-1-. The molecule has 1 aliphatic heterocycles. The Balaban J connectivity index is 0.000000281. The van der Waals surface area contributed by atoms with Gasteiger partial charge in [0.25, 0.3) is 0 Å². The summed E-state index contributed by atoms with van der Waals surface area (Å²) >= 11 is 0. The molecule has 1 heterocycles. The summed E-state index contributed by atoms with van der Waals surface area (Å²) in [6.45, 7) is 0.638. The average Bonchev–Trinajstić information content (AvgIpc) is 2.44. The lowest BCUT2D eigenvalue weighted by Gasteiger charge is -1.93. The van der Waals surface area contributed by atoms with Gasteiger partial charge in [0.15, 0.2) is 0 Å². The van der Waals surface area contributed by atoms with Gasteiger partial charge in [-0.05, 0) is 19.3 Å². The molecule has 0 bridgehead atoms. The number of aliphatic carboxylic acids is 2. The highest BCUT2D eigenvalue weighted by atomic mass is 16.5. The van der Waals surface area contributed by atoms with Crippen LogP contribution in [0.5, 0.6) is 0 Å². The second-order valence-corrected chi connectivity index (χ2v) is 3.04. The summed E-state index contributed by atoms with van der Waals surface area (Å²) in [5.74, 6) is -2.54. The lowest BCUT2D eigenvalue weighted by molar-refractivity contribution is -0.142. The Kier molecular flexibility index (Phi) is 7.48. The van der Waals surface area contributed by atoms with Crippen LogP contribution in [0.3, 0.4) is 0 Å². The second-order valence-electron chi connectivity index (χ2n) is 3.04. The van der Waals surface area contributed by atoms with Crippen LogP contribution in [0.2, 0.25) is 0 Å². The first-order chi connectivity index (χ1) is 7.52. The number of cyclic esters (lactones) is 1. The van der Waals surface area contributed by atoms with Crippen LogP contribution in [-0.4, -0.2) is 34.7 Å². The molecule has 0 saturated carbocycles. The molecule has 0 aromatic heterocycles. The van der Waals surface area contributed by atoms with Crippen LogP contribution < -0.4 is 0 Å². The van der Waals surface area contributed by atoms with E-state index < -0.39 is 11.9 Å². The molecule has 1 rings (SSSR count). The number of ether oxygens (including phenoxy) is 1. The first kappa shape index (κ1) is 14.2. The maximum absolute atomic E-state index is 10.5. The number of carboxylic acids is 2. The number of carboxylic acid groups (broad SMARTS) is 2. The SMILES string of the molecule is O=C(O)/C=C\C(=O)O.O=C1CCCCCO1. The number of carbonyl (C=O) groups excluding carboxylic acids is 1. The van der Waals surface area contributed by atoms with Crippen LogP contribution in [0.1, 0.15) is 25.7 Å². The van der Waals surface area contributed by atoms with Crippen LogP contribution in [-0.2, 0) is 19.1 Å². The zero-order valence-corrected chi connectivity index (χ0v) is 8.72. The van der Waals surface area contributed by atoms with Crippen molar-refractivity contribution in [3.63, 3.8) is 0 Å². The molecule has 1 aliphatic rings. The molecule has 2 N–H and O–H groups in total. The first-order valence-corrected chi connectivity index (χ1v) is 4.82. The molecule has 0 atom stereocenters. The van der Waals surface area contributed by atoms with E-state index in [0.29, 0.717) is 25.2 Å². The fraction of sp³-hybridized carbons (Fsp3) is 0.500. The van der Waals surface area contributed by atoms with Gasteiger partial charge in [0.2, 0.25) is 0 Å². The van der Waals surface area contributed by atoms with E-state index in [1.807, 2.05) is 0 Å². The van der Waals surface area contributed by atoms with Crippen molar-refractivity contribution in [2.75, 3.05) is 6.61 Å². The van der Waals surface area contributed by atoms with E-state index >= 15 is 0 Å². The molecule has 0 spiro atoms. The summed E-state index contributed by atoms with van der Waals surface area (Å²) in [6, 6.07) is 0. The topological polar surface area (TPSA) is 101 Å². The number of esters is 1. The Bertz CT molecular complexity index is 255. The summed E-state index contributed by atoms with van der Waals surface area (Å²) < 4.78 is 4.76. The zero-order valence-electron chi connectivity index (χ0n) is 8.72. The predicted octanol–water partition coefficient (Wildman–Crippen LogP) is 0.815. The van der Waals surface area contributed by atoms with Crippen LogP contribution in [0.25, 0.3) is 0 Å². The van der Waals surface area contributed by atoms with Crippen LogP contribution in [0.4, 0.5) is 0 Å². The van der Waals surface area contributed by atoms with E-state index in [2.05, 4.69) is 0 Å². The van der Waals surface area contributed by atoms with Crippen molar-refractivity contribution in [2.45, 2.75) is 25.7 Å². The van der Waals surface area contributed by atoms with Gasteiger partial charge in [0.05, 0.1) is 6.61 Å². The Morgan fingerprint density at radius 1 is 1.06 bits per heavy atom. The van der Waals surface area contributed by atoms with Gasteiger partial charge < -0.3 is 14.9 Å². The molecule has 1 fully saturated rings. The molecule has 16 heavy (non-hydrogen) atoms. The lowest BCUT2D eigenvalue weighted by Crippen LogP contribution is -2.00. The first-order valence-electron chi connectivity index (χ1n) is 4.82. The van der Waals surface area contributed by atoms with E-state index in [0.717, 1.165) is 19.3 Å². The molecule has 1 saturated heterocycles. The maximum atomic E-state index is 10.5. The van der Waals surface area contributed by atoms with Crippen molar-refractivity contribution in [3.05, 3.63) is 12.2 Å². The van der Waals surface area contributed by atoms with E-state index in [9.17, 15) is 14.4 Å².